The highest BCUT2D eigenvalue weighted by Crippen LogP contribution is 2.02. The van der Waals surface area contributed by atoms with Crippen molar-refractivity contribution in [1.29, 1.82) is 0 Å². The summed E-state index contributed by atoms with van der Waals surface area (Å²) < 4.78 is 0. The Morgan fingerprint density at radius 2 is 2.22 bits per heavy atom. The Kier molecular flexibility index (Phi) is 1.57. The quantitative estimate of drug-likeness (QED) is 0.297. The van der Waals surface area contributed by atoms with Crippen molar-refractivity contribution in [2.75, 3.05) is 0 Å². The lowest BCUT2D eigenvalue weighted by molar-refractivity contribution is -0.109. The van der Waals surface area contributed by atoms with E-state index in [0.29, 0.717) is 6.29 Å². The van der Waals surface area contributed by atoms with Gasteiger partial charge in [-0.05, 0) is 0 Å². The molecule has 1 saturated heterocycles. The summed E-state index contributed by atoms with van der Waals surface area (Å²) in [4.78, 5) is 20.4. The van der Waals surface area contributed by atoms with Crippen LogP contribution in [-0.2, 0) is 4.79 Å². The second kappa shape index (κ2) is 2.23. The molecule has 1 aliphatic rings. The van der Waals surface area contributed by atoms with Gasteiger partial charge in [-0.2, -0.15) is 0 Å². The number of hydrogen-bond donors (Lipinski definition) is 2. The van der Waals surface area contributed by atoms with Crippen molar-refractivity contribution < 1.29 is 9.59 Å². The average molecular weight is 149 g/mol. The minimum atomic E-state index is -0.602. The van der Waals surface area contributed by atoms with Crippen LogP contribution in [0, 0.1) is 0 Å². The SMILES string of the molecule is O=CC1NC(=O)NC1Cl. The molecule has 0 spiro atoms. The molecule has 2 unspecified atom stereocenters. The van der Waals surface area contributed by atoms with E-state index in [-0.39, 0.29) is 0 Å². The number of amides is 2. The lowest BCUT2D eigenvalue weighted by Gasteiger charge is -2.00. The molecule has 2 N–H and O–H groups in total. The van der Waals surface area contributed by atoms with Crippen LogP contribution in [0.3, 0.4) is 0 Å². The monoisotopic (exact) mass is 148 g/mol. The summed E-state index contributed by atoms with van der Waals surface area (Å²) >= 11 is 5.45. The van der Waals surface area contributed by atoms with Gasteiger partial charge in [-0.1, -0.05) is 11.6 Å². The predicted molar refractivity (Wildman–Crippen MR) is 31.2 cm³/mol. The van der Waals surface area contributed by atoms with Crippen LogP contribution in [-0.4, -0.2) is 23.9 Å². The second-order valence-electron chi connectivity index (χ2n) is 1.68. The van der Waals surface area contributed by atoms with Crippen molar-refractivity contribution in [3.05, 3.63) is 0 Å². The standard InChI is InChI=1S/C4H5ClN2O2/c5-3-2(1-8)6-4(9)7-3/h1-3H,(H2,6,7,9). The van der Waals surface area contributed by atoms with Gasteiger partial charge >= 0.3 is 6.03 Å². The van der Waals surface area contributed by atoms with E-state index in [2.05, 4.69) is 10.6 Å². The molecule has 0 saturated carbocycles. The molecule has 1 rings (SSSR count). The number of hydrogen-bond acceptors (Lipinski definition) is 2. The van der Waals surface area contributed by atoms with E-state index in [1.165, 1.54) is 0 Å². The van der Waals surface area contributed by atoms with Crippen LogP contribution in [0.15, 0.2) is 0 Å². The molecule has 0 aromatic rings. The molecule has 1 aliphatic heterocycles. The first kappa shape index (κ1) is 6.35. The largest absolute Gasteiger partial charge is 0.325 e. The average Bonchev–Trinajstić information content (AvgIpc) is 2.10. The zero-order chi connectivity index (χ0) is 6.85. The first-order valence-corrected chi connectivity index (χ1v) is 2.84. The molecule has 0 bridgehead atoms. The van der Waals surface area contributed by atoms with Crippen LogP contribution in [0.4, 0.5) is 4.79 Å². The van der Waals surface area contributed by atoms with Crippen LogP contribution in [0.25, 0.3) is 0 Å². The highest BCUT2D eigenvalue weighted by molar-refractivity contribution is 6.23. The number of halogens is 1. The number of urea groups is 1. The van der Waals surface area contributed by atoms with Gasteiger partial charge in [-0.15, -0.1) is 0 Å². The summed E-state index contributed by atoms with van der Waals surface area (Å²) in [6.45, 7) is 0. The van der Waals surface area contributed by atoms with E-state index >= 15 is 0 Å². The highest BCUT2D eigenvalue weighted by Gasteiger charge is 2.28. The van der Waals surface area contributed by atoms with Crippen molar-refractivity contribution in [3.63, 3.8) is 0 Å². The first-order valence-electron chi connectivity index (χ1n) is 2.40. The molecule has 1 heterocycles. The molecule has 4 nitrogen and oxygen atoms in total. The van der Waals surface area contributed by atoms with Crippen LogP contribution in [0.2, 0.25) is 0 Å². The summed E-state index contributed by atoms with van der Waals surface area (Å²) in [5.74, 6) is 0. The van der Waals surface area contributed by atoms with Crippen LogP contribution < -0.4 is 10.6 Å². The maximum Gasteiger partial charge on any atom is 0.316 e. The number of alkyl halides is 1. The van der Waals surface area contributed by atoms with E-state index < -0.39 is 17.6 Å². The Morgan fingerprint density at radius 1 is 1.56 bits per heavy atom. The molecular formula is C4H5ClN2O2. The third-order valence-electron chi connectivity index (χ3n) is 1.03. The van der Waals surface area contributed by atoms with E-state index in [9.17, 15) is 9.59 Å². The van der Waals surface area contributed by atoms with E-state index in [0.717, 1.165) is 0 Å². The van der Waals surface area contributed by atoms with Gasteiger partial charge in [-0.3, -0.25) is 0 Å². The topological polar surface area (TPSA) is 58.2 Å². The van der Waals surface area contributed by atoms with Gasteiger partial charge in [-0.25, -0.2) is 4.79 Å². The minimum absolute atomic E-state index is 0.396. The third-order valence-corrected chi connectivity index (χ3v) is 1.41. The molecule has 1 fully saturated rings. The van der Waals surface area contributed by atoms with Crippen molar-refractivity contribution in [2.24, 2.45) is 0 Å². The molecule has 0 aliphatic carbocycles. The maximum absolute atomic E-state index is 10.4. The van der Waals surface area contributed by atoms with Gasteiger partial charge in [0, 0.05) is 0 Å². The minimum Gasteiger partial charge on any atom is -0.325 e. The van der Waals surface area contributed by atoms with Crippen molar-refractivity contribution in [1.82, 2.24) is 10.6 Å². The van der Waals surface area contributed by atoms with Gasteiger partial charge in [0.15, 0.2) is 0 Å². The second-order valence-corrected chi connectivity index (χ2v) is 2.15. The van der Waals surface area contributed by atoms with Crippen LogP contribution >= 0.6 is 11.6 Å². The summed E-state index contributed by atoms with van der Waals surface area (Å²) in [7, 11) is 0. The Hall–Kier alpha value is -0.770. The Bertz CT molecular complexity index is 150. The number of aldehydes is 1. The molecule has 0 aromatic heterocycles. The van der Waals surface area contributed by atoms with E-state index in [4.69, 9.17) is 11.6 Å². The predicted octanol–water partition coefficient (Wildman–Crippen LogP) is -0.568. The zero-order valence-electron chi connectivity index (χ0n) is 4.43. The van der Waals surface area contributed by atoms with Crippen molar-refractivity contribution in [2.45, 2.75) is 11.5 Å². The van der Waals surface area contributed by atoms with Gasteiger partial charge < -0.3 is 15.4 Å². The van der Waals surface area contributed by atoms with Crippen molar-refractivity contribution >= 4 is 23.9 Å². The summed E-state index contributed by atoms with van der Waals surface area (Å²) in [6, 6.07) is -0.980. The Labute approximate surface area is 56.6 Å². The normalized spacial score (nSPS) is 33.2. The number of nitrogens with one attached hydrogen (secondary N) is 2. The molecule has 0 radical (unpaired) electrons. The summed E-state index contributed by atoms with van der Waals surface area (Å²) in [5.41, 5.74) is -0.602. The molecule has 2 atom stereocenters. The summed E-state index contributed by atoms with van der Waals surface area (Å²) in [6.07, 6.45) is 0.593. The number of rotatable bonds is 1. The Balaban J connectivity index is 2.57. The van der Waals surface area contributed by atoms with Gasteiger partial charge in [0.25, 0.3) is 0 Å². The van der Waals surface area contributed by atoms with Crippen molar-refractivity contribution in [3.8, 4) is 0 Å². The number of carbonyl (C=O) groups is 2. The molecule has 2 amide bonds. The van der Waals surface area contributed by atoms with Gasteiger partial charge in [0.1, 0.15) is 17.8 Å². The first-order chi connectivity index (χ1) is 4.24. The molecule has 5 heteroatoms. The Morgan fingerprint density at radius 3 is 2.44 bits per heavy atom. The third kappa shape index (κ3) is 1.13. The molecular weight excluding hydrogens is 144 g/mol. The van der Waals surface area contributed by atoms with Crippen LogP contribution in [0.5, 0.6) is 0 Å². The lowest BCUT2D eigenvalue weighted by atomic mass is 10.4. The number of carbonyl (C=O) groups excluding carboxylic acids is 2. The van der Waals surface area contributed by atoms with Crippen LogP contribution in [0.1, 0.15) is 0 Å². The fraction of sp³-hybridized carbons (Fsp3) is 0.500. The highest BCUT2D eigenvalue weighted by atomic mass is 35.5. The molecule has 50 valence electrons. The lowest BCUT2D eigenvalue weighted by Crippen LogP contribution is -2.30. The fourth-order valence-corrected chi connectivity index (χ4v) is 0.806. The smallest absolute Gasteiger partial charge is 0.316 e. The van der Waals surface area contributed by atoms with E-state index in [1.54, 1.807) is 0 Å². The summed E-state index contributed by atoms with van der Waals surface area (Å²) in [5, 5.41) is 4.61. The molecule has 9 heavy (non-hydrogen) atoms. The van der Waals surface area contributed by atoms with E-state index in [1.807, 2.05) is 0 Å². The van der Waals surface area contributed by atoms with Gasteiger partial charge in [0.05, 0.1) is 0 Å². The maximum atomic E-state index is 10.4. The zero-order valence-corrected chi connectivity index (χ0v) is 5.18. The molecule has 0 aromatic carbocycles. The van der Waals surface area contributed by atoms with Gasteiger partial charge in [0.2, 0.25) is 0 Å². The fourth-order valence-electron chi connectivity index (χ4n) is 0.584.